The van der Waals surface area contributed by atoms with E-state index >= 15 is 0 Å². The van der Waals surface area contributed by atoms with Gasteiger partial charge in [-0.1, -0.05) is 6.92 Å². The number of carbonyl (C=O) groups is 2. The summed E-state index contributed by atoms with van der Waals surface area (Å²) in [4.78, 5) is 25.7. The van der Waals surface area contributed by atoms with Crippen LogP contribution in [0.5, 0.6) is 0 Å². The quantitative estimate of drug-likeness (QED) is 0.774. The van der Waals surface area contributed by atoms with Crippen LogP contribution < -0.4 is 5.32 Å². The minimum Gasteiger partial charge on any atom is -0.344 e. The average Bonchev–Trinajstić information content (AvgIpc) is 3.08. The van der Waals surface area contributed by atoms with Crippen LogP contribution in [0.3, 0.4) is 0 Å². The van der Waals surface area contributed by atoms with Gasteiger partial charge in [-0.15, -0.1) is 0 Å². The topological polar surface area (TPSA) is 49.4 Å². The molecule has 0 aromatic rings. The molecule has 90 valence electrons. The molecule has 2 rings (SSSR count). The molecular weight excluding hydrogens is 204 g/mol. The molecule has 0 aromatic heterocycles. The zero-order valence-electron chi connectivity index (χ0n) is 10.0. The third-order valence-corrected chi connectivity index (χ3v) is 3.66. The first kappa shape index (κ1) is 11.4. The van der Waals surface area contributed by atoms with Gasteiger partial charge >= 0.3 is 0 Å². The summed E-state index contributed by atoms with van der Waals surface area (Å²) >= 11 is 0. The van der Waals surface area contributed by atoms with Gasteiger partial charge < -0.3 is 10.2 Å². The summed E-state index contributed by atoms with van der Waals surface area (Å²) in [5, 5.41) is 2.87. The van der Waals surface area contributed by atoms with Crippen molar-refractivity contribution in [3.05, 3.63) is 0 Å². The Bertz CT molecular complexity index is 299. The lowest BCUT2D eigenvalue weighted by atomic mass is 10.1. The molecule has 2 unspecified atom stereocenters. The number of carbonyl (C=O) groups excluding carboxylic acids is 2. The normalized spacial score (nSPS) is 28.6. The van der Waals surface area contributed by atoms with E-state index in [1.165, 1.54) is 0 Å². The molecule has 1 saturated carbocycles. The minimum atomic E-state index is -0.246. The Hall–Kier alpha value is -1.06. The van der Waals surface area contributed by atoms with Crippen LogP contribution in [-0.4, -0.2) is 35.3 Å². The first-order chi connectivity index (χ1) is 7.63. The Kier molecular flexibility index (Phi) is 3.17. The van der Waals surface area contributed by atoms with Gasteiger partial charge in [0, 0.05) is 19.0 Å². The number of nitrogens with one attached hydrogen (secondary N) is 1. The SMILES string of the molecule is CCC(C)N1CCC(=O)NC(C2CC2)C1=O. The van der Waals surface area contributed by atoms with Crippen LogP contribution in [-0.2, 0) is 9.59 Å². The second kappa shape index (κ2) is 4.44. The van der Waals surface area contributed by atoms with E-state index in [0.717, 1.165) is 19.3 Å². The molecule has 2 amide bonds. The zero-order valence-corrected chi connectivity index (χ0v) is 10.0. The molecule has 0 spiro atoms. The first-order valence-corrected chi connectivity index (χ1v) is 6.23. The smallest absolute Gasteiger partial charge is 0.245 e. The van der Waals surface area contributed by atoms with E-state index in [0.29, 0.717) is 18.9 Å². The van der Waals surface area contributed by atoms with E-state index in [9.17, 15) is 9.59 Å². The van der Waals surface area contributed by atoms with E-state index in [4.69, 9.17) is 0 Å². The minimum absolute atomic E-state index is 0.0241. The summed E-state index contributed by atoms with van der Waals surface area (Å²) in [6, 6.07) is -0.00884. The number of rotatable bonds is 3. The van der Waals surface area contributed by atoms with Crippen molar-refractivity contribution in [2.45, 2.75) is 51.6 Å². The molecule has 1 aliphatic carbocycles. The lowest BCUT2D eigenvalue weighted by Crippen LogP contribution is -2.48. The van der Waals surface area contributed by atoms with Gasteiger partial charge in [-0.05, 0) is 32.1 Å². The average molecular weight is 224 g/mol. The summed E-state index contributed by atoms with van der Waals surface area (Å²) in [6.45, 7) is 4.70. The molecule has 4 nitrogen and oxygen atoms in total. The second-order valence-electron chi connectivity index (χ2n) is 4.92. The van der Waals surface area contributed by atoms with Crippen LogP contribution in [0.2, 0.25) is 0 Å². The van der Waals surface area contributed by atoms with Crippen LogP contribution in [0.15, 0.2) is 0 Å². The molecule has 4 heteroatoms. The summed E-state index contributed by atoms with van der Waals surface area (Å²) in [7, 11) is 0. The maximum absolute atomic E-state index is 12.3. The van der Waals surface area contributed by atoms with Crippen LogP contribution in [0.4, 0.5) is 0 Å². The Morgan fingerprint density at radius 1 is 1.44 bits per heavy atom. The first-order valence-electron chi connectivity index (χ1n) is 6.23. The van der Waals surface area contributed by atoms with Crippen molar-refractivity contribution in [3.63, 3.8) is 0 Å². The van der Waals surface area contributed by atoms with Crippen LogP contribution in [0.25, 0.3) is 0 Å². The second-order valence-corrected chi connectivity index (χ2v) is 4.92. The number of amides is 2. The van der Waals surface area contributed by atoms with Crippen LogP contribution >= 0.6 is 0 Å². The van der Waals surface area contributed by atoms with Gasteiger partial charge in [0.25, 0.3) is 0 Å². The van der Waals surface area contributed by atoms with Gasteiger partial charge in [-0.2, -0.15) is 0 Å². The van der Waals surface area contributed by atoms with E-state index in [1.807, 2.05) is 4.90 Å². The lowest BCUT2D eigenvalue weighted by molar-refractivity contribution is -0.135. The van der Waals surface area contributed by atoms with Crippen molar-refractivity contribution in [2.24, 2.45) is 5.92 Å². The Balaban J connectivity index is 2.13. The molecule has 1 aliphatic heterocycles. The summed E-state index contributed by atoms with van der Waals surface area (Å²) in [6.07, 6.45) is 3.53. The van der Waals surface area contributed by atoms with Gasteiger partial charge in [0.2, 0.25) is 11.8 Å². The molecule has 0 bridgehead atoms. The molecule has 1 heterocycles. The predicted octanol–water partition coefficient (Wildman–Crippen LogP) is 0.912. The number of hydrogen-bond donors (Lipinski definition) is 1. The van der Waals surface area contributed by atoms with Gasteiger partial charge in [-0.25, -0.2) is 0 Å². The highest BCUT2D eigenvalue weighted by Gasteiger charge is 2.41. The third kappa shape index (κ3) is 2.20. The summed E-state index contributed by atoms with van der Waals surface area (Å²) in [5.74, 6) is 0.542. The molecular formula is C12H20N2O2. The maximum Gasteiger partial charge on any atom is 0.245 e. The van der Waals surface area contributed by atoms with Crippen molar-refractivity contribution < 1.29 is 9.59 Å². The highest BCUT2D eigenvalue weighted by Crippen LogP contribution is 2.34. The van der Waals surface area contributed by atoms with Gasteiger partial charge in [-0.3, -0.25) is 9.59 Å². The Morgan fingerprint density at radius 2 is 2.12 bits per heavy atom. The van der Waals surface area contributed by atoms with Crippen molar-refractivity contribution in [3.8, 4) is 0 Å². The van der Waals surface area contributed by atoms with Crippen LogP contribution in [0, 0.1) is 5.92 Å². The van der Waals surface area contributed by atoms with Gasteiger partial charge in [0.15, 0.2) is 0 Å². The van der Waals surface area contributed by atoms with Crippen LogP contribution in [0.1, 0.15) is 39.5 Å². The van der Waals surface area contributed by atoms with Crippen molar-refractivity contribution in [2.75, 3.05) is 6.54 Å². The van der Waals surface area contributed by atoms with E-state index in [1.54, 1.807) is 0 Å². The summed E-state index contributed by atoms with van der Waals surface area (Å²) in [5.41, 5.74) is 0. The monoisotopic (exact) mass is 224 g/mol. The van der Waals surface area contributed by atoms with Crippen molar-refractivity contribution in [1.29, 1.82) is 0 Å². The molecule has 2 atom stereocenters. The van der Waals surface area contributed by atoms with E-state index in [2.05, 4.69) is 19.2 Å². The molecule has 2 fully saturated rings. The highest BCUT2D eigenvalue weighted by atomic mass is 16.2. The molecule has 0 aromatic carbocycles. The largest absolute Gasteiger partial charge is 0.344 e. The lowest BCUT2D eigenvalue weighted by Gasteiger charge is -2.29. The molecule has 1 saturated heterocycles. The van der Waals surface area contributed by atoms with E-state index in [-0.39, 0.29) is 23.9 Å². The van der Waals surface area contributed by atoms with E-state index < -0.39 is 0 Å². The Morgan fingerprint density at radius 3 is 2.69 bits per heavy atom. The number of nitrogens with zero attached hydrogens (tertiary/aromatic N) is 1. The van der Waals surface area contributed by atoms with Crippen molar-refractivity contribution in [1.82, 2.24) is 10.2 Å². The number of hydrogen-bond acceptors (Lipinski definition) is 2. The fraction of sp³-hybridized carbons (Fsp3) is 0.833. The predicted molar refractivity (Wildman–Crippen MR) is 60.7 cm³/mol. The van der Waals surface area contributed by atoms with Gasteiger partial charge in [0.05, 0.1) is 0 Å². The maximum atomic E-state index is 12.3. The standard InChI is InChI=1S/C12H20N2O2/c1-3-8(2)14-7-6-10(15)13-11(12(14)16)9-4-5-9/h8-9,11H,3-7H2,1-2H3,(H,13,15). The zero-order chi connectivity index (χ0) is 11.7. The van der Waals surface area contributed by atoms with Crippen molar-refractivity contribution >= 4 is 11.8 Å². The Labute approximate surface area is 96.4 Å². The molecule has 16 heavy (non-hydrogen) atoms. The van der Waals surface area contributed by atoms with Gasteiger partial charge in [0.1, 0.15) is 6.04 Å². The third-order valence-electron chi connectivity index (χ3n) is 3.66. The molecule has 1 N–H and O–H groups in total. The highest BCUT2D eigenvalue weighted by molar-refractivity contribution is 5.90. The fourth-order valence-electron chi connectivity index (χ4n) is 2.23. The fourth-order valence-corrected chi connectivity index (χ4v) is 2.23. The molecule has 0 radical (unpaired) electrons. The summed E-state index contributed by atoms with van der Waals surface area (Å²) < 4.78 is 0. The molecule has 2 aliphatic rings.